The van der Waals surface area contributed by atoms with E-state index in [2.05, 4.69) is 60.6 Å². The molecule has 0 atom stereocenters. The fraction of sp³-hybridized carbons (Fsp3) is 0.588. The molecule has 0 saturated heterocycles. The first kappa shape index (κ1) is 15.7. The Labute approximate surface area is 116 Å². The van der Waals surface area contributed by atoms with Crippen molar-refractivity contribution in [2.24, 2.45) is 0 Å². The molecule has 0 aromatic heterocycles. The zero-order valence-corrected chi connectivity index (χ0v) is 13.2. The molecule has 19 heavy (non-hydrogen) atoms. The molecule has 1 aromatic carbocycles. The SMILES string of the molecule is Cc1cc(C(C)(C)C)c(CC(=O)O)c(C(C)(C)C)c1. The van der Waals surface area contributed by atoms with Crippen LogP contribution in [0, 0.1) is 6.92 Å². The molecule has 1 aromatic rings. The van der Waals surface area contributed by atoms with Crippen molar-refractivity contribution in [2.75, 3.05) is 0 Å². The molecular formula is C17H26O2. The van der Waals surface area contributed by atoms with Crippen LogP contribution in [0.1, 0.15) is 63.8 Å². The van der Waals surface area contributed by atoms with E-state index < -0.39 is 5.97 Å². The smallest absolute Gasteiger partial charge is 0.307 e. The summed E-state index contributed by atoms with van der Waals surface area (Å²) < 4.78 is 0. The largest absolute Gasteiger partial charge is 0.481 e. The van der Waals surface area contributed by atoms with Crippen LogP contribution in [0.2, 0.25) is 0 Å². The summed E-state index contributed by atoms with van der Waals surface area (Å²) in [5.74, 6) is -0.764. The van der Waals surface area contributed by atoms with Crippen LogP contribution in [0.5, 0.6) is 0 Å². The highest BCUT2D eigenvalue weighted by atomic mass is 16.4. The van der Waals surface area contributed by atoms with E-state index in [1.807, 2.05) is 0 Å². The van der Waals surface area contributed by atoms with Gasteiger partial charge < -0.3 is 5.11 Å². The fourth-order valence-corrected chi connectivity index (χ4v) is 2.50. The molecule has 106 valence electrons. The molecule has 0 unspecified atom stereocenters. The molecule has 0 amide bonds. The first-order chi connectivity index (χ1) is 8.43. The highest BCUT2D eigenvalue weighted by molar-refractivity contribution is 5.72. The minimum Gasteiger partial charge on any atom is -0.481 e. The second-order valence-corrected chi connectivity index (χ2v) is 7.41. The van der Waals surface area contributed by atoms with Crippen molar-refractivity contribution in [3.63, 3.8) is 0 Å². The first-order valence-electron chi connectivity index (χ1n) is 6.79. The van der Waals surface area contributed by atoms with Gasteiger partial charge in [-0.1, -0.05) is 59.2 Å². The van der Waals surface area contributed by atoms with Crippen LogP contribution in [0.3, 0.4) is 0 Å². The highest BCUT2D eigenvalue weighted by Crippen LogP contribution is 2.35. The molecule has 0 radical (unpaired) electrons. The van der Waals surface area contributed by atoms with E-state index in [0.29, 0.717) is 0 Å². The highest BCUT2D eigenvalue weighted by Gasteiger charge is 2.26. The minimum absolute atomic E-state index is 0.0448. The van der Waals surface area contributed by atoms with E-state index in [1.54, 1.807) is 0 Å². The maximum Gasteiger partial charge on any atom is 0.307 e. The number of aliphatic carboxylic acids is 1. The Morgan fingerprint density at radius 3 is 1.63 bits per heavy atom. The Hall–Kier alpha value is -1.31. The van der Waals surface area contributed by atoms with E-state index in [-0.39, 0.29) is 17.3 Å². The summed E-state index contributed by atoms with van der Waals surface area (Å²) in [4.78, 5) is 11.2. The third-order valence-electron chi connectivity index (χ3n) is 3.34. The quantitative estimate of drug-likeness (QED) is 0.866. The first-order valence-corrected chi connectivity index (χ1v) is 6.79. The maximum atomic E-state index is 11.2. The van der Waals surface area contributed by atoms with E-state index in [4.69, 9.17) is 0 Å². The van der Waals surface area contributed by atoms with Gasteiger partial charge in [-0.3, -0.25) is 4.79 Å². The van der Waals surface area contributed by atoms with Gasteiger partial charge in [0.1, 0.15) is 0 Å². The predicted octanol–water partition coefficient (Wildman–Crippen LogP) is 4.22. The van der Waals surface area contributed by atoms with Gasteiger partial charge >= 0.3 is 5.97 Å². The zero-order valence-electron chi connectivity index (χ0n) is 13.2. The molecule has 0 spiro atoms. The van der Waals surface area contributed by atoms with Crippen molar-refractivity contribution in [2.45, 2.75) is 65.7 Å². The number of carbonyl (C=O) groups is 1. The minimum atomic E-state index is -0.764. The molecule has 0 saturated carbocycles. The summed E-state index contributed by atoms with van der Waals surface area (Å²) in [5.41, 5.74) is 4.40. The summed E-state index contributed by atoms with van der Waals surface area (Å²) in [5, 5.41) is 9.22. The van der Waals surface area contributed by atoms with Crippen LogP contribution in [0.4, 0.5) is 0 Å². The van der Waals surface area contributed by atoms with Crippen molar-refractivity contribution in [3.8, 4) is 0 Å². The van der Waals surface area contributed by atoms with Crippen molar-refractivity contribution in [1.29, 1.82) is 0 Å². The van der Waals surface area contributed by atoms with Gasteiger partial charge in [0.05, 0.1) is 6.42 Å². The van der Waals surface area contributed by atoms with Crippen molar-refractivity contribution in [3.05, 3.63) is 34.4 Å². The van der Waals surface area contributed by atoms with E-state index >= 15 is 0 Å². The second-order valence-electron chi connectivity index (χ2n) is 7.41. The molecule has 0 bridgehead atoms. The van der Waals surface area contributed by atoms with Gasteiger partial charge in [-0.05, 0) is 34.4 Å². The lowest BCUT2D eigenvalue weighted by atomic mass is 9.74. The van der Waals surface area contributed by atoms with E-state index in [9.17, 15) is 9.90 Å². The van der Waals surface area contributed by atoms with E-state index in [1.165, 1.54) is 5.56 Å². The van der Waals surface area contributed by atoms with Crippen molar-refractivity contribution >= 4 is 5.97 Å². The molecule has 2 nitrogen and oxygen atoms in total. The van der Waals surface area contributed by atoms with Crippen LogP contribution >= 0.6 is 0 Å². The molecule has 2 heteroatoms. The van der Waals surface area contributed by atoms with Gasteiger partial charge in [0, 0.05) is 0 Å². The van der Waals surface area contributed by atoms with Crippen LogP contribution in [0.15, 0.2) is 12.1 Å². The van der Waals surface area contributed by atoms with Crippen molar-refractivity contribution in [1.82, 2.24) is 0 Å². The summed E-state index contributed by atoms with van der Waals surface area (Å²) >= 11 is 0. The summed E-state index contributed by atoms with van der Waals surface area (Å²) in [6, 6.07) is 4.26. The Kier molecular flexibility index (Phi) is 4.14. The Bertz CT molecular complexity index is 450. The third-order valence-corrected chi connectivity index (χ3v) is 3.34. The number of hydrogen-bond donors (Lipinski definition) is 1. The molecule has 0 aliphatic carbocycles. The van der Waals surface area contributed by atoms with Gasteiger partial charge in [-0.2, -0.15) is 0 Å². The summed E-state index contributed by atoms with van der Waals surface area (Å²) in [6.45, 7) is 14.9. The lowest BCUT2D eigenvalue weighted by Crippen LogP contribution is -2.23. The average molecular weight is 262 g/mol. The molecular weight excluding hydrogens is 236 g/mol. The number of carboxylic acid groups (broad SMARTS) is 1. The van der Waals surface area contributed by atoms with Crippen molar-refractivity contribution < 1.29 is 9.90 Å². The number of rotatable bonds is 2. The summed E-state index contributed by atoms with van der Waals surface area (Å²) in [7, 11) is 0. The van der Waals surface area contributed by atoms with Crippen LogP contribution in [-0.4, -0.2) is 11.1 Å². The molecule has 1 rings (SSSR count). The lowest BCUT2D eigenvalue weighted by Gasteiger charge is -2.30. The van der Waals surface area contributed by atoms with Gasteiger partial charge in [0.15, 0.2) is 0 Å². The maximum absolute atomic E-state index is 11.2. The topological polar surface area (TPSA) is 37.3 Å². The monoisotopic (exact) mass is 262 g/mol. The fourth-order valence-electron chi connectivity index (χ4n) is 2.50. The normalized spacial score (nSPS) is 12.6. The number of carboxylic acids is 1. The predicted molar refractivity (Wildman–Crippen MR) is 79.9 cm³/mol. The number of aryl methyl sites for hydroxylation is 1. The van der Waals surface area contributed by atoms with Crippen LogP contribution in [0.25, 0.3) is 0 Å². The zero-order chi connectivity index (χ0) is 15.0. The van der Waals surface area contributed by atoms with Gasteiger partial charge in [-0.25, -0.2) is 0 Å². The average Bonchev–Trinajstić information content (AvgIpc) is 2.16. The van der Waals surface area contributed by atoms with E-state index in [0.717, 1.165) is 16.7 Å². The van der Waals surface area contributed by atoms with Gasteiger partial charge in [0.25, 0.3) is 0 Å². The number of benzene rings is 1. The van der Waals surface area contributed by atoms with Crippen LogP contribution < -0.4 is 0 Å². The molecule has 0 heterocycles. The Morgan fingerprint density at radius 2 is 1.37 bits per heavy atom. The van der Waals surface area contributed by atoms with Gasteiger partial charge in [0.2, 0.25) is 0 Å². The molecule has 0 fully saturated rings. The molecule has 0 aliphatic heterocycles. The second kappa shape index (κ2) is 4.99. The molecule has 1 N–H and O–H groups in total. The Balaban J connectivity index is 3.63. The summed E-state index contributed by atoms with van der Waals surface area (Å²) in [6.07, 6.45) is 0.0967. The third kappa shape index (κ3) is 3.82. The lowest BCUT2D eigenvalue weighted by molar-refractivity contribution is -0.136. The Morgan fingerprint density at radius 1 is 1.00 bits per heavy atom. The van der Waals surface area contributed by atoms with Crippen LogP contribution in [-0.2, 0) is 22.0 Å². The molecule has 0 aliphatic rings. The standard InChI is InChI=1S/C17H26O2/c1-11-8-13(16(2,3)4)12(10-15(18)19)14(9-11)17(5,6)7/h8-9H,10H2,1-7H3,(H,18,19). The number of hydrogen-bond acceptors (Lipinski definition) is 1. The van der Waals surface area contributed by atoms with Gasteiger partial charge in [-0.15, -0.1) is 0 Å².